The number of nitrogens with zero attached hydrogens (tertiary/aromatic N) is 7. The van der Waals surface area contributed by atoms with Gasteiger partial charge in [0.05, 0.1) is 23.6 Å². The van der Waals surface area contributed by atoms with E-state index in [0.29, 0.717) is 12.2 Å². The number of carboxylic acids is 1. The number of anilines is 1. The predicted molar refractivity (Wildman–Crippen MR) is 123 cm³/mol. The van der Waals surface area contributed by atoms with Crippen molar-refractivity contribution < 1.29 is 27.5 Å². The number of H-pyrrole nitrogens is 1. The van der Waals surface area contributed by atoms with Gasteiger partial charge in [-0.3, -0.25) is 4.68 Å². The van der Waals surface area contributed by atoms with Gasteiger partial charge in [-0.2, -0.15) is 23.5 Å². The number of carbonyl (C=O) groups is 1. The summed E-state index contributed by atoms with van der Waals surface area (Å²) >= 11 is 0. The summed E-state index contributed by atoms with van der Waals surface area (Å²) in [5.41, 5.74) is 3.56. The molecule has 5 rings (SSSR count). The van der Waals surface area contributed by atoms with Crippen LogP contribution >= 0.6 is 0 Å². The number of nitrogens with one attached hydrogen (secondary N) is 1. The Kier molecular flexibility index (Phi) is 7.32. The number of hydrogen-bond donors (Lipinski definition) is 2. The van der Waals surface area contributed by atoms with Crippen molar-refractivity contribution in [3.05, 3.63) is 55.0 Å². The zero-order chi connectivity index (χ0) is 26.6. The molecule has 37 heavy (non-hydrogen) atoms. The number of carboxylic acid groups (broad SMARTS) is 1. The van der Waals surface area contributed by atoms with Crippen LogP contribution in [0.5, 0.6) is 0 Å². The lowest BCUT2D eigenvalue weighted by molar-refractivity contribution is -0.192. The fourth-order valence-corrected chi connectivity index (χ4v) is 4.22. The summed E-state index contributed by atoms with van der Waals surface area (Å²) in [6.07, 6.45) is 4.25. The molecular weight excluding hydrogens is 496 g/mol. The third-order valence-electron chi connectivity index (χ3n) is 5.97. The van der Waals surface area contributed by atoms with Crippen LogP contribution in [0, 0.1) is 17.2 Å². The van der Waals surface area contributed by atoms with E-state index in [1.54, 1.807) is 17.1 Å². The standard InChI is InChI=1S/C21H19FN8.C2HF3O2/c22-8-19(14-4-7-29(11-14)18-2-1-5-24-17(18)9-23)30-12-15(10-28-30)20-16-3-6-25-21(16)27-13-26-20;3-2(4,5)1(6)7/h1-3,5-6,10,12-14,19H,4,7-8,11H2,(H,25,26,27);(H,6,7)/t14-,19?;/m0./s1. The van der Waals surface area contributed by atoms with Crippen molar-refractivity contribution in [3.8, 4) is 17.3 Å². The van der Waals surface area contributed by atoms with Gasteiger partial charge in [-0.05, 0) is 24.6 Å². The second kappa shape index (κ2) is 10.6. The molecule has 0 saturated carbocycles. The first kappa shape index (κ1) is 25.5. The monoisotopic (exact) mass is 516 g/mol. The fourth-order valence-electron chi connectivity index (χ4n) is 4.22. The highest BCUT2D eigenvalue weighted by molar-refractivity contribution is 5.90. The second-order valence-corrected chi connectivity index (χ2v) is 8.17. The first-order chi connectivity index (χ1) is 17.7. The van der Waals surface area contributed by atoms with E-state index in [0.717, 1.165) is 40.9 Å². The van der Waals surface area contributed by atoms with Crippen LogP contribution in [0.3, 0.4) is 0 Å². The molecule has 4 aromatic heterocycles. The summed E-state index contributed by atoms with van der Waals surface area (Å²) in [7, 11) is 0. The number of rotatable bonds is 5. The molecule has 1 aliphatic heterocycles. The van der Waals surface area contributed by atoms with Crippen molar-refractivity contribution in [2.45, 2.75) is 18.6 Å². The normalized spacial score (nSPS) is 16.2. The summed E-state index contributed by atoms with van der Waals surface area (Å²) in [5.74, 6) is -2.68. The van der Waals surface area contributed by atoms with Crippen LogP contribution in [-0.2, 0) is 4.79 Å². The van der Waals surface area contributed by atoms with E-state index in [4.69, 9.17) is 9.90 Å². The quantitative estimate of drug-likeness (QED) is 0.383. The minimum absolute atomic E-state index is 0.0761. The number of halogens is 4. The number of hydrogen-bond acceptors (Lipinski definition) is 7. The number of nitriles is 1. The zero-order valence-corrected chi connectivity index (χ0v) is 19.1. The Labute approximate surface area is 207 Å². The van der Waals surface area contributed by atoms with Crippen molar-refractivity contribution in [1.29, 1.82) is 5.26 Å². The van der Waals surface area contributed by atoms with E-state index >= 15 is 0 Å². The van der Waals surface area contributed by atoms with E-state index in [1.165, 1.54) is 6.33 Å². The van der Waals surface area contributed by atoms with Gasteiger partial charge in [0.2, 0.25) is 0 Å². The van der Waals surface area contributed by atoms with E-state index in [-0.39, 0.29) is 12.0 Å². The number of pyridine rings is 1. The SMILES string of the molecule is N#Cc1ncccc1N1CC[C@H](C(CF)n2cc(-c3ncnc4[nH]ccc34)cn2)C1.O=C(O)C(F)(F)F. The van der Waals surface area contributed by atoms with E-state index in [2.05, 4.69) is 36.0 Å². The zero-order valence-electron chi connectivity index (χ0n) is 19.1. The summed E-state index contributed by atoms with van der Waals surface area (Å²) in [5, 5.41) is 21.8. The van der Waals surface area contributed by atoms with Gasteiger partial charge in [0, 0.05) is 48.5 Å². The second-order valence-electron chi connectivity index (χ2n) is 8.17. The van der Waals surface area contributed by atoms with Gasteiger partial charge in [0.25, 0.3) is 0 Å². The van der Waals surface area contributed by atoms with Crippen LogP contribution in [0.4, 0.5) is 23.2 Å². The maximum atomic E-state index is 14.1. The molecule has 14 heteroatoms. The van der Waals surface area contributed by atoms with Crippen molar-refractivity contribution in [3.63, 3.8) is 0 Å². The minimum Gasteiger partial charge on any atom is -0.475 e. The maximum absolute atomic E-state index is 14.1. The first-order valence-electron chi connectivity index (χ1n) is 11.0. The number of fused-ring (bicyclic) bond motifs is 1. The molecule has 10 nitrogen and oxygen atoms in total. The molecule has 2 atom stereocenters. The molecule has 0 radical (unpaired) electrons. The Hall–Kier alpha value is -4.54. The van der Waals surface area contributed by atoms with Gasteiger partial charge >= 0.3 is 12.1 Å². The van der Waals surface area contributed by atoms with Crippen molar-refractivity contribution >= 4 is 22.7 Å². The van der Waals surface area contributed by atoms with Crippen LogP contribution in [-0.4, -0.2) is 66.7 Å². The van der Waals surface area contributed by atoms with Gasteiger partial charge in [-0.1, -0.05) is 0 Å². The number of aromatic nitrogens is 6. The molecule has 0 aliphatic carbocycles. The summed E-state index contributed by atoms with van der Waals surface area (Å²) in [6.45, 7) is 0.895. The molecule has 1 fully saturated rings. The van der Waals surface area contributed by atoms with E-state index < -0.39 is 18.8 Å². The maximum Gasteiger partial charge on any atom is 0.490 e. The van der Waals surface area contributed by atoms with Crippen LogP contribution in [0.15, 0.2) is 49.3 Å². The van der Waals surface area contributed by atoms with E-state index in [1.807, 2.05) is 30.6 Å². The van der Waals surface area contributed by atoms with Gasteiger partial charge < -0.3 is 15.0 Å². The topological polar surface area (TPSA) is 137 Å². The largest absolute Gasteiger partial charge is 0.490 e. The lowest BCUT2D eigenvalue weighted by Gasteiger charge is -2.23. The molecular formula is C23H20F4N8O2. The first-order valence-corrected chi connectivity index (χ1v) is 11.0. The average Bonchev–Trinajstić information content (AvgIpc) is 3.65. The minimum atomic E-state index is -5.08. The van der Waals surface area contributed by atoms with Gasteiger partial charge in [0.1, 0.15) is 24.7 Å². The number of alkyl halides is 4. The molecule has 1 unspecified atom stereocenters. The van der Waals surface area contributed by atoms with Gasteiger partial charge in [-0.25, -0.2) is 24.1 Å². The van der Waals surface area contributed by atoms with Crippen molar-refractivity contribution in [1.82, 2.24) is 29.7 Å². The van der Waals surface area contributed by atoms with Crippen LogP contribution in [0.1, 0.15) is 18.2 Å². The molecule has 1 aliphatic rings. The third kappa shape index (κ3) is 5.50. The van der Waals surface area contributed by atoms with Gasteiger partial charge in [-0.15, -0.1) is 0 Å². The highest BCUT2D eigenvalue weighted by Gasteiger charge is 2.38. The molecule has 0 amide bonds. The average molecular weight is 516 g/mol. The molecule has 4 aromatic rings. The van der Waals surface area contributed by atoms with Gasteiger partial charge in [0.15, 0.2) is 5.69 Å². The lowest BCUT2D eigenvalue weighted by atomic mass is 10.00. The molecule has 0 bridgehead atoms. The Morgan fingerprint density at radius 2 is 2.08 bits per heavy atom. The molecule has 5 heterocycles. The molecule has 2 N–H and O–H groups in total. The van der Waals surface area contributed by atoms with Crippen LogP contribution in [0.25, 0.3) is 22.3 Å². The number of aliphatic carboxylic acids is 1. The Morgan fingerprint density at radius 3 is 2.78 bits per heavy atom. The smallest absolute Gasteiger partial charge is 0.475 e. The molecule has 0 spiro atoms. The van der Waals surface area contributed by atoms with Crippen LogP contribution < -0.4 is 4.90 Å². The highest BCUT2D eigenvalue weighted by Crippen LogP contribution is 2.33. The molecule has 192 valence electrons. The van der Waals surface area contributed by atoms with E-state index in [9.17, 15) is 22.8 Å². The molecule has 1 saturated heterocycles. The predicted octanol–water partition coefficient (Wildman–Crippen LogP) is 3.76. The lowest BCUT2D eigenvalue weighted by Crippen LogP contribution is -2.26. The van der Waals surface area contributed by atoms with Crippen molar-refractivity contribution in [2.24, 2.45) is 5.92 Å². The Bertz CT molecular complexity index is 1430. The van der Waals surface area contributed by atoms with Crippen LogP contribution in [0.2, 0.25) is 0 Å². The highest BCUT2D eigenvalue weighted by atomic mass is 19.4. The Balaban J connectivity index is 0.000000405. The summed E-state index contributed by atoms with van der Waals surface area (Å²) < 4.78 is 47.6. The fraction of sp³-hybridized carbons (Fsp3) is 0.304. The molecule has 0 aromatic carbocycles. The third-order valence-corrected chi connectivity index (χ3v) is 5.97. The van der Waals surface area contributed by atoms with Crippen molar-refractivity contribution in [2.75, 3.05) is 24.7 Å². The summed E-state index contributed by atoms with van der Waals surface area (Å²) in [6, 6.07) is 7.39. The Morgan fingerprint density at radius 1 is 1.30 bits per heavy atom. The number of aromatic amines is 1. The summed E-state index contributed by atoms with van der Waals surface area (Å²) in [4.78, 5) is 26.8.